The fourth-order valence-corrected chi connectivity index (χ4v) is 4.14. The van der Waals surface area contributed by atoms with Crippen LogP contribution in [-0.4, -0.2) is 51.5 Å². The van der Waals surface area contributed by atoms with E-state index in [1.165, 1.54) is 23.5 Å². The second-order valence-corrected chi connectivity index (χ2v) is 7.38. The van der Waals surface area contributed by atoms with Crippen LogP contribution in [0.25, 0.3) is 0 Å². The first-order chi connectivity index (χ1) is 11.4. The van der Waals surface area contributed by atoms with E-state index < -0.39 is 16.1 Å². The molecule has 0 bridgehead atoms. The van der Waals surface area contributed by atoms with Crippen LogP contribution in [0.1, 0.15) is 26.7 Å². The molecule has 134 valence electrons. The summed E-state index contributed by atoms with van der Waals surface area (Å²) in [6, 6.07) is 4.45. The molecule has 0 spiro atoms. The van der Waals surface area contributed by atoms with Crippen LogP contribution in [-0.2, 0) is 19.6 Å². The molecule has 0 saturated carbocycles. The molecule has 1 N–H and O–H groups in total. The number of amides is 1. The van der Waals surface area contributed by atoms with Gasteiger partial charge in [0.05, 0.1) is 17.7 Å². The van der Waals surface area contributed by atoms with E-state index in [1.54, 1.807) is 19.9 Å². The SMILES string of the molecule is CCN(CC)S(=O)(=O)c1ccc(OC)c(NC(=O)[C@H]2CCCO2)c1. The van der Waals surface area contributed by atoms with Crippen LogP contribution in [0, 0.1) is 0 Å². The van der Waals surface area contributed by atoms with Crippen LogP contribution >= 0.6 is 0 Å². The highest BCUT2D eigenvalue weighted by Gasteiger charge is 2.26. The summed E-state index contributed by atoms with van der Waals surface area (Å²) in [4.78, 5) is 12.4. The summed E-state index contributed by atoms with van der Waals surface area (Å²) in [5.41, 5.74) is 0.325. The second-order valence-electron chi connectivity index (χ2n) is 5.44. The number of anilines is 1. The molecule has 8 heteroatoms. The van der Waals surface area contributed by atoms with Crippen molar-refractivity contribution in [3.63, 3.8) is 0 Å². The Morgan fingerprint density at radius 1 is 1.38 bits per heavy atom. The summed E-state index contributed by atoms with van der Waals surface area (Å²) in [6.07, 6.45) is 0.995. The number of hydrogen-bond acceptors (Lipinski definition) is 5. The van der Waals surface area contributed by atoms with Crippen molar-refractivity contribution in [1.29, 1.82) is 0 Å². The molecule has 0 unspecified atom stereocenters. The van der Waals surface area contributed by atoms with Crippen LogP contribution in [0.3, 0.4) is 0 Å². The molecule has 1 amide bonds. The largest absolute Gasteiger partial charge is 0.495 e. The van der Waals surface area contributed by atoms with Gasteiger partial charge in [-0.15, -0.1) is 0 Å². The number of hydrogen-bond donors (Lipinski definition) is 1. The second kappa shape index (κ2) is 7.96. The summed E-state index contributed by atoms with van der Waals surface area (Å²) in [5.74, 6) is 0.114. The predicted molar refractivity (Wildman–Crippen MR) is 90.7 cm³/mol. The predicted octanol–water partition coefficient (Wildman–Crippen LogP) is 1.84. The summed E-state index contributed by atoms with van der Waals surface area (Å²) >= 11 is 0. The van der Waals surface area contributed by atoms with Gasteiger partial charge in [0.25, 0.3) is 5.91 Å². The molecule has 0 radical (unpaired) electrons. The lowest BCUT2D eigenvalue weighted by atomic mass is 10.2. The third kappa shape index (κ3) is 3.88. The number of methoxy groups -OCH3 is 1. The zero-order chi connectivity index (χ0) is 17.7. The van der Waals surface area contributed by atoms with Gasteiger partial charge >= 0.3 is 0 Å². The van der Waals surface area contributed by atoms with Gasteiger partial charge in [0.2, 0.25) is 10.0 Å². The van der Waals surface area contributed by atoms with Crippen molar-refractivity contribution in [2.75, 3.05) is 32.1 Å². The Balaban J connectivity index is 2.31. The quantitative estimate of drug-likeness (QED) is 0.806. The zero-order valence-electron chi connectivity index (χ0n) is 14.2. The van der Waals surface area contributed by atoms with E-state index >= 15 is 0 Å². The van der Waals surface area contributed by atoms with Crippen molar-refractivity contribution in [3.05, 3.63) is 18.2 Å². The number of carbonyl (C=O) groups is 1. The maximum Gasteiger partial charge on any atom is 0.253 e. The van der Waals surface area contributed by atoms with Crippen molar-refractivity contribution < 1.29 is 22.7 Å². The number of benzene rings is 1. The molecule has 1 atom stereocenters. The number of carbonyl (C=O) groups excluding carboxylic acids is 1. The third-order valence-electron chi connectivity index (χ3n) is 3.99. The highest BCUT2D eigenvalue weighted by atomic mass is 32.2. The highest BCUT2D eigenvalue weighted by molar-refractivity contribution is 7.89. The minimum absolute atomic E-state index is 0.120. The third-order valence-corrected chi connectivity index (χ3v) is 6.04. The van der Waals surface area contributed by atoms with Crippen LogP contribution in [0.5, 0.6) is 5.75 Å². The molecule has 1 aliphatic rings. The lowest BCUT2D eigenvalue weighted by Gasteiger charge is -2.20. The molecule has 0 aromatic heterocycles. The van der Waals surface area contributed by atoms with Crippen LogP contribution < -0.4 is 10.1 Å². The first kappa shape index (κ1) is 18.7. The summed E-state index contributed by atoms with van der Waals surface area (Å²) in [7, 11) is -2.14. The monoisotopic (exact) mass is 356 g/mol. The number of rotatable bonds is 7. The lowest BCUT2D eigenvalue weighted by Crippen LogP contribution is -2.31. The molecule has 1 aromatic rings. The molecule has 1 saturated heterocycles. The van der Waals surface area contributed by atoms with Gasteiger partial charge < -0.3 is 14.8 Å². The van der Waals surface area contributed by atoms with E-state index in [9.17, 15) is 13.2 Å². The normalized spacial score (nSPS) is 17.9. The lowest BCUT2D eigenvalue weighted by molar-refractivity contribution is -0.124. The topological polar surface area (TPSA) is 84.9 Å². The van der Waals surface area contributed by atoms with Gasteiger partial charge in [0, 0.05) is 19.7 Å². The van der Waals surface area contributed by atoms with E-state index in [2.05, 4.69) is 5.32 Å². The van der Waals surface area contributed by atoms with Crippen LogP contribution in [0.4, 0.5) is 5.69 Å². The van der Waals surface area contributed by atoms with E-state index in [1.807, 2.05) is 0 Å². The molecule has 7 nitrogen and oxygen atoms in total. The molecule has 1 heterocycles. The Kier molecular flexibility index (Phi) is 6.20. The smallest absolute Gasteiger partial charge is 0.253 e. The Labute approximate surface area is 143 Å². The minimum atomic E-state index is -3.61. The van der Waals surface area contributed by atoms with Crippen molar-refractivity contribution in [1.82, 2.24) is 4.31 Å². The van der Waals surface area contributed by atoms with Gasteiger partial charge in [0.15, 0.2) is 0 Å². The number of nitrogens with one attached hydrogen (secondary N) is 1. The van der Waals surface area contributed by atoms with Crippen molar-refractivity contribution in [2.24, 2.45) is 0 Å². The van der Waals surface area contributed by atoms with Gasteiger partial charge in [-0.25, -0.2) is 8.42 Å². The first-order valence-corrected chi connectivity index (χ1v) is 9.48. The van der Waals surface area contributed by atoms with Crippen molar-refractivity contribution >= 4 is 21.6 Å². The van der Waals surface area contributed by atoms with E-state index in [0.29, 0.717) is 37.6 Å². The molecular weight excluding hydrogens is 332 g/mol. The molecule has 24 heavy (non-hydrogen) atoms. The zero-order valence-corrected chi connectivity index (χ0v) is 15.1. The fourth-order valence-electron chi connectivity index (χ4n) is 2.66. The Morgan fingerprint density at radius 2 is 2.08 bits per heavy atom. The van der Waals surface area contributed by atoms with E-state index in [0.717, 1.165) is 6.42 Å². The van der Waals surface area contributed by atoms with Crippen molar-refractivity contribution in [3.8, 4) is 5.75 Å². The van der Waals surface area contributed by atoms with Crippen LogP contribution in [0.2, 0.25) is 0 Å². The number of sulfonamides is 1. The summed E-state index contributed by atoms with van der Waals surface area (Å²) < 4.78 is 37.2. The molecule has 1 aromatic carbocycles. The number of ether oxygens (including phenoxy) is 2. The van der Waals surface area contributed by atoms with Crippen LogP contribution in [0.15, 0.2) is 23.1 Å². The maximum atomic E-state index is 12.6. The first-order valence-electron chi connectivity index (χ1n) is 8.04. The van der Waals surface area contributed by atoms with E-state index in [-0.39, 0.29) is 10.8 Å². The summed E-state index contributed by atoms with van der Waals surface area (Å²) in [5, 5.41) is 2.72. The van der Waals surface area contributed by atoms with Gasteiger partial charge in [-0.1, -0.05) is 13.8 Å². The summed E-state index contributed by atoms with van der Waals surface area (Å²) in [6.45, 7) is 4.88. The average molecular weight is 356 g/mol. The van der Waals surface area contributed by atoms with Crippen molar-refractivity contribution in [2.45, 2.75) is 37.7 Å². The van der Waals surface area contributed by atoms with Gasteiger partial charge in [0.1, 0.15) is 11.9 Å². The van der Waals surface area contributed by atoms with Gasteiger partial charge in [-0.3, -0.25) is 4.79 Å². The molecule has 1 fully saturated rings. The fraction of sp³-hybridized carbons (Fsp3) is 0.562. The average Bonchev–Trinajstić information content (AvgIpc) is 3.10. The Hall–Kier alpha value is -1.64. The van der Waals surface area contributed by atoms with Gasteiger partial charge in [-0.2, -0.15) is 4.31 Å². The standard InChI is InChI=1S/C16H24N2O5S/c1-4-18(5-2)24(20,21)12-8-9-14(22-3)13(11-12)17-16(19)15-7-6-10-23-15/h8-9,11,15H,4-7,10H2,1-3H3,(H,17,19)/t15-/m1/s1. The molecule has 2 rings (SSSR count). The Morgan fingerprint density at radius 3 is 2.62 bits per heavy atom. The van der Waals surface area contributed by atoms with E-state index in [4.69, 9.17) is 9.47 Å². The molecule has 0 aliphatic carbocycles. The minimum Gasteiger partial charge on any atom is -0.495 e. The Bertz CT molecular complexity index is 680. The highest BCUT2D eigenvalue weighted by Crippen LogP contribution is 2.29. The van der Waals surface area contributed by atoms with Gasteiger partial charge in [-0.05, 0) is 31.0 Å². The maximum absolute atomic E-state index is 12.6. The molecule has 1 aliphatic heterocycles. The molecular formula is C16H24N2O5S. The number of nitrogens with zero attached hydrogens (tertiary/aromatic N) is 1.